The summed E-state index contributed by atoms with van der Waals surface area (Å²) < 4.78 is 6.70. The maximum absolute atomic E-state index is 8.36. The Morgan fingerprint density at radius 1 is 0.309 bits per heavy atom. The van der Waals surface area contributed by atoms with Crippen LogP contribution in [0.15, 0.2) is 176 Å². The van der Waals surface area contributed by atoms with E-state index >= 15 is 0 Å². The molecule has 254 valence electrons. The summed E-state index contributed by atoms with van der Waals surface area (Å²) in [5.41, 5.74) is 12.3. The van der Waals surface area contributed by atoms with Crippen molar-refractivity contribution in [3.8, 4) is 28.2 Å². The van der Waals surface area contributed by atoms with Gasteiger partial charge in [0.25, 0.3) is 0 Å². The van der Waals surface area contributed by atoms with Crippen LogP contribution in [0.25, 0.3) is 103 Å². The third-order valence-corrected chi connectivity index (χ3v) is 11.1. The Morgan fingerprint density at radius 2 is 0.709 bits per heavy atom. The Kier molecular flexibility index (Phi) is 6.61. The van der Waals surface area contributed by atoms with E-state index in [4.69, 9.17) is 13.1 Å². The predicted molar refractivity (Wildman–Crippen MR) is 227 cm³/mol. The van der Waals surface area contributed by atoms with Crippen LogP contribution in [-0.4, -0.2) is 13.7 Å². The van der Waals surface area contributed by atoms with Gasteiger partial charge in [-0.05, 0) is 77.9 Å². The van der Waals surface area contributed by atoms with Crippen LogP contribution in [0.4, 0.5) is 11.4 Å². The van der Waals surface area contributed by atoms with E-state index in [1.54, 1.807) is 0 Å². The molecule has 0 spiro atoms. The van der Waals surface area contributed by atoms with E-state index in [2.05, 4.69) is 187 Å². The molecule has 0 aliphatic heterocycles. The molecule has 0 amide bonds. The lowest BCUT2D eigenvalue weighted by Gasteiger charge is -2.14. The highest BCUT2D eigenvalue weighted by Crippen LogP contribution is 2.42. The molecule has 0 aliphatic carbocycles. The van der Waals surface area contributed by atoms with Crippen LogP contribution in [0.3, 0.4) is 0 Å². The van der Waals surface area contributed by atoms with Crippen molar-refractivity contribution in [2.45, 2.75) is 0 Å². The molecular formula is C50H29N5. The standard InChI is InChI=1S/C50H29N5/c1-51-41-29-33(25-28-48(41)54-44-19-9-3-13-35(44)36-14-4-10-20-45(36)54)32-23-26-34(27-24-32)53-43-18-8-7-17-39(43)40-30-50(42(52-2)31-49(40)53)55-46-21-11-5-15-37(46)38-16-6-12-22-47(38)55/h3-31H. The molecule has 0 saturated carbocycles. The average molecular weight is 700 g/mol. The van der Waals surface area contributed by atoms with E-state index in [0.717, 1.165) is 72.1 Å². The van der Waals surface area contributed by atoms with Crippen LogP contribution in [0.2, 0.25) is 0 Å². The maximum atomic E-state index is 8.36. The molecule has 0 radical (unpaired) electrons. The fourth-order valence-electron chi connectivity index (χ4n) is 8.69. The molecule has 8 aromatic carbocycles. The van der Waals surface area contributed by atoms with Gasteiger partial charge in [-0.2, -0.15) is 0 Å². The molecule has 0 bridgehead atoms. The minimum Gasteiger partial charge on any atom is -0.319 e. The van der Waals surface area contributed by atoms with Gasteiger partial charge in [-0.15, -0.1) is 0 Å². The summed E-state index contributed by atoms with van der Waals surface area (Å²) >= 11 is 0. The van der Waals surface area contributed by atoms with Crippen LogP contribution in [0.5, 0.6) is 0 Å². The van der Waals surface area contributed by atoms with Crippen LogP contribution in [0.1, 0.15) is 0 Å². The first-order valence-corrected chi connectivity index (χ1v) is 18.3. The zero-order valence-corrected chi connectivity index (χ0v) is 29.5. The van der Waals surface area contributed by atoms with Gasteiger partial charge in [0.15, 0.2) is 0 Å². The van der Waals surface area contributed by atoms with Crippen molar-refractivity contribution in [1.82, 2.24) is 13.7 Å². The lowest BCUT2D eigenvalue weighted by atomic mass is 10.0. The normalized spacial score (nSPS) is 11.6. The second-order valence-electron chi connectivity index (χ2n) is 13.9. The minimum absolute atomic E-state index is 0.592. The van der Waals surface area contributed by atoms with Crippen molar-refractivity contribution in [1.29, 1.82) is 0 Å². The molecule has 0 unspecified atom stereocenters. The highest BCUT2D eigenvalue weighted by molar-refractivity contribution is 6.14. The molecule has 0 aliphatic rings. The summed E-state index contributed by atoms with van der Waals surface area (Å²) in [5.74, 6) is 0. The van der Waals surface area contributed by atoms with Crippen LogP contribution in [0, 0.1) is 13.1 Å². The van der Waals surface area contributed by atoms with Crippen molar-refractivity contribution < 1.29 is 0 Å². The van der Waals surface area contributed by atoms with Crippen LogP contribution in [-0.2, 0) is 0 Å². The van der Waals surface area contributed by atoms with Crippen LogP contribution < -0.4 is 0 Å². The van der Waals surface area contributed by atoms with Crippen molar-refractivity contribution >= 4 is 76.8 Å². The molecule has 3 heterocycles. The summed E-state index contributed by atoms with van der Waals surface area (Å²) in [6.07, 6.45) is 0. The largest absolute Gasteiger partial charge is 0.319 e. The number of benzene rings is 8. The quantitative estimate of drug-likeness (QED) is 0.163. The molecular weight excluding hydrogens is 671 g/mol. The summed E-state index contributed by atoms with van der Waals surface area (Å²) in [6.45, 7) is 16.6. The number of hydrogen-bond donors (Lipinski definition) is 0. The van der Waals surface area contributed by atoms with Gasteiger partial charge >= 0.3 is 0 Å². The molecule has 5 nitrogen and oxygen atoms in total. The smallest absolute Gasteiger partial charge is 0.212 e. The van der Waals surface area contributed by atoms with Crippen molar-refractivity contribution in [3.05, 3.63) is 199 Å². The topological polar surface area (TPSA) is 23.5 Å². The minimum atomic E-state index is 0.592. The SMILES string of the molecule is [C-]#[N+]c1cc(-c2ccc(-n3c4ccccc4c4cc(-n5c6ccccc6c6ccccc65)c([N+]#[C-])cc43)cc2)ccc1-n1c2ccccc2c2ccccc21. The van der Waals surface area contributed by atoms with Crippen molar-refractivity contribution in [2.24, 2.45) is 0 Å². The molecule has 5 heteroatoms. The molecule has 0 atom stereocenters. The summed E-state index contributed by atoms with van der Waals surface area (Å²) in [6, 6.07) is 61.0. The highest BCUT2D eigenvalue weighted by atomic mass is 15.0. The lowest BCUT2D eigenvalue weighted by Crippen LogP contribution is -1.96. The van der Waals surface area contributed by atoms with E-state index in [1.165, 1.54) is 21.5 Å². The van der Waals surface area contributed by atoms with Gasteiger partial charge in [0.05, 0.1) is 52.1 Å². The van der Waals surface area contributed by atoms with Gasteiger partial charge < -0.3 is 13.7 Å². The van der Waals surface area contributed by atoms with Crippen LogP contribution >= 0.6 is 0 Å². The monoisotopic (exact) mass is 699 g/mol. The fourth-order valence-corrected chi connectivity index (χ4v) is 8.69. The zero-order chi connectivity index (χ0) is 36.6. The van der Waals surface area contributed by atoms with E-state index in [-0.39, 0.29) is 0 Å². The molecule has 3 aromatic heterocycles. The molecule has 0 saturated heterocycles. The summed E-state index contributed by atoms with van der Waals surface area (Å²) in [7, 11) is 0. The first-order chi connectivity index (χ1) is 27.2. The van der Waals surface area contributed by atoms with Gasteiger partial charge in [0, 0.05) is 43.5 Å². The van der Waals surface area contributed by atoms with Gasteiger partial charge in [0.1, 0.15) is 0 Å². The predicted octanol–water partition coefficient (Wildman–Crippen LogP) is 13.7. The summed E-state index contributed by atoms with van der Waals surface area (Å²) in [5, 5.41) is 6.90. The fraction of sp³-hybridized carbons (Fsp3) is 0. The third-order valence-electron chi connectivity index (χ3n) is 11.1. The third kappa shape index (κ3) is 4.45. The Hall–Kier alpha value is -7.86. The van der Waals surface area contributed by atoms with Gasteiger partial charge in [-0.1, -0.05) is 109 Å². The number of rotatable bonds is 4. The highest BCUT2D eigenvalue weighted by Gasteiger charge is 2.20. The zero-order valence-electron chi connectivity index (χ0n) is 29.5. The molecule has 0 N–H and O–H groups in total. The van der Waals surface area contributed by atoms with Crippen molar-refractivity contribution in [2.75, 3.05) is 0 Å². The first-order valence-electron chi connectivity index (χ1n) is 18.3. The second-order valence-corrected chi connectivity index (χ2v) is 13.9. The number of hydrogen-bond acceptors (Lipinski definition) is 0. The number of para-hydroxylation sites is 5. The Labute approximate surface area is 316 Å². The molecule has 11 rings (SSSR count). The Balaban J connectivity index is 1.04. The Morgan fingerprint density at radius 3 is 1.20 bits per heavy atom. The average Bonchev–Trinajstić information content (AvgIpc) is 3.88. The Bertz CT molecular complexity index is 3350. The lowest BCUT2D eigenvalue weighted by molar-refractivity contribution is 1.17. The van der Waals surface area contributed by atoms with E-state index < -0.39 is 0 Å². The molecule has 0 fully saturated rings. The van der Waals surface area contributed by atoms with Gasteiger partial charge in [-0.3, -0.25) is 0 Å². The summed E-state index contributed by atoms with van der Waals surface area (Å²) in [4.78, 5) is 8.14. The van der Waals surface area contributed by atoms with Crippen molar-refractivity contribution in [3.63, 3.8) is 0 Å². The molecule has 55 heavy (non-hydrogen) atoms. The van der Waals surface area contributed by atoms with E-state index in [0.29, 0.717) is 11.4 Å². The first kappa shape index (κ1) is 30.7. The molecule has 11 aromatic rings. The number of fused-ring (bicyclic) bond motifs is 9. The van der Waals surface area contributed by atoms with E-state index in [9.17, 15) is 0 Å². The van der Waals surface area contributed by atoms with E-state index in [1.807, 2.05) is 12.1 Å². The maximum Gasteiger partial charge on any atom is 0.212 e. The number of aromatic nitrogens is 3. The number of nitrogens with zero attached hydrogens (tertiary/aromatic N) is 5. The van der Waals surface area contributed by atoms with Gasteiger partial charge in [0.2, 0.25) is 11.4 Å². The van der Waals surface area contributed by atoms with Gasteiger partial charge in [-0.25, -0.2) is 9.69 Å². The second kappa shape index (κ2) is 11.8.